The van der Waals surface area contributed by atoms with E-state index in [1.54, 1.807) is 24.3 Å². The van der Waals surface area contributed by atoms with Crippen LogP contribution in [0, 0.1) is 0 Å². The Morgan fingerprint density at radius 2 is 1.87 bits per heavy atom. The molecule has 1 fully saturated rings. The first kappa shape index (κ1) is 23.0. The molecule has 0 bridgehead atoms. The fourth-order valence-corrected chi connectivity index (χ4v) is 3.79. The minimum atomic E-state index is -0.686. The number of hydrogen-bond donors (Lipinski definition) is 1. The Kier molecular flexibility index (Phi) is 7.51. The molecule has 0 unspecified atom stereocenters. The largest absolute Gasteiger partial charge is 0.507 e. The van der Waals surface area contributed by atoms with Crippen LogP contribution in [0.2, 0.25) is 0 Å². The van der Waals surface area contributed by atoms with Crippen LogP contribution < -0.4 is 4.74 Å². The van der Waals surface area contributed by atoms with Crippen LogP contribution in [0.25, 0.3) is 5.76 Å². The number of carbonyl (C=O) groups is 2. The number of rotatable bonds is 8. The van der Waals surface area contributed by atoms with Crippen LogP contribution in [-0.4, -0.2) is 60.4 Å². The van der Waals surface area contributed by atoms with Crippen LogP contribution in [0.3, 0.4) is 0 Å². The van der Waals surface area contributed by atoms with Gasteiger partial charge in [0.15, 0.2) is 0 Å². The molecule has 1 saturated heterocycles. The van der Waals surface area contributed by atoms with Gasteiger partial charge in [0.2, 0.25) is 0 Å². The SMILES string of the molecule is CCCOc1cccc([C@H]2C(=C(O)c3ccc(Br)cc3)C(=O)C(=O)N2CCN(C)C)c1. The summed E-state index contributed by atoms with van der Waals surface area (Å²) in [5, 5.41) is 11.1. The second-order valence-corrected chi connectivity index (χ2v) is 8.64. The maximum atomic E-state index is 13.0. The number of likely N-dealkylation sites (tertiary alicyclic amines) is 1. The van der Waals surface area contributed by atoms with Gasteiger partial charge in [0.25, 0.3) is 11.7 Å². The third kappa shape index (κ3) is 5.17. The molecule has 0 radical (unpaired) electrons. The summed E-state index contributed by atoms with van der Waals surface area (Å²) in [7, 11) is 3.82. The van der Waals surface area contributed by atoms with E-state index in [1.807, 2.05) is 50.2 Å². The van der Waals surface area contributed by atoms with Crippen molar-refractivity contribution in [3.63, 3.8) is 0 Å². The molecule has 1 amide bonds. The van der Waals surface area contributed by atoms with Crippen molar-refractivity contribution in [3.8, 4) is 5.75 Å². The smallest absolute Gasteiger partial charge is 0.295 e. The van der Waals surface area contributed by atoms with Crippen LogP contribution in [0.5, 0.6) is 5.75 Å². The average molecular weight is 487 g/mol. The number of ketones is 1. The quantitative estimate of drug-likeness (QED) is 0.343. The van der Waals surface area contributed by atoms with Crippen molar-refractivity contribution < 1.29 is 19.4 Å². The lowest BCUT2D eigenvalue weighted by molar-refractivity contribution is -0.140. The molecule has 1 aliphatic heterocycles. The van der Waals surface area contributed by atoms with Gasteiger partial charge in [-0.25, -0.2) is 0 Å². The number of hydrogen-bond acceptors (Lipinski definition) is 5. The van der Waals surface area contributed by atoms with Crippen molar-refractivity contribution >= 4 is 33.4 Å². The van der Waals surface area contributed by atoms with Gasteiger partial charge in [-0.1, -0.05) is 47.1 Å². The zero-order valence-corrected chi connectivity index (χ0v) is 19.6. The first-order valence-electron chi connectivity index (χ1n) is 10.2. The number of aliphatic hydroxyl groups is 1. The van der Waals surface area contributed by atoms with Crippen molar-refractivity contribution in [2.75, 3.05) is 33.8 Å². The topological polar surface area (TPSA) is 70.1 Å². The minimum absolute atomic E-state index is 0.0960. The van der Waals surface area contributed by atoms with Crippen LogP contribution in [-0.2, 0) is 9.59 Å². The first-order chi connectivity index (χ1) is 14.8. The second kappa shape index (κ2) is 10.1. The molecule has 1 atom stereocenters. The van der Waals surface area contributed by atoms with Crippen LogP contribution in [0.1, 0.15) is 30.5 Å². The molecule has 7 heteroatoms. The maximum absolute atomic E-state index is 13.0. The standard InChI is InChI=1S/C24H27BrN2O4/c1-4-14-31-19-7-5-6-17(15-19)21-20(22(28)16-8-10-18(25)11-9-16)23(29)24(30)27(21)13-12-26(2)3/h5-11,15,21,28H,4,12-14H2,1-3H3/t21-/m0/s1. The number of Topliss-reactive ketones (excluding diaryl/α,β-unsaturated/α-hetero) is 1. The summed E-state index contributed by atoms with van der Waals surface area (Å²) < 4.78 is 6.61. The number of halogens is 1. The van der Waals surface area contributed by atoms with Crippen LogP contribution >= 0.6 is 15.9 Å². The van der Waals surface area contributed by atoms with Gasteiger partial charge < -0.3 is 19.6 Å². The van der Waals surface area contributed by atoms with E-state index in [9.17, 15) is 14.7 Å². The Bertz CT molecular complexity index is 985. The minimum Gasteiger partial charge on any atom is -0.507 e. The highest BCUT2D eigenvalue weighted by Gasteiger charge is 2.46. The highest BCUT2D eigenvalue weighted by atomic mass is 79.9. The van der Waals surface area contributed by atoms with Crippen LogP contribution in [0.15, 0.2) is 58.6 Å². The van der Waals surface area contributed by atoms with Crippen molar-refractivity contribution in [2.45, 2.75) is 19.4 Å². The lowest BCUT2D eigenvalue weighted by Gasteiger charge is -2.27. The van der Waals surface area contributed by atoms with E-state index in [4.69, 9.17) is 4.74 Å². The van der Waals surface area contributed by atoms with Gasteiger partial charge in [0.05, 0.1) is 18.2 Å². The number of carbonyl (C=O) groups excluding carboxylic acids is 2. The summed E-state index contributed by atoms with van der Waals surface area (Å²) in [6.45, 7) is 3.55. The third-order valence-electron chi connectivity index (χ3n) is 5.09. The van der Waals surface area contributed by atoms with Gasteiger partial charge >= 0.3 is 0 Å². The molecule has 0 saturated carbocycles. The van der Waals surface area contributed by atoms with Gasteiger partial charge in [-0.3, -0.25) is 9.59 Å². The zero-order chi connectivity index (χ0) is 22.5. The van der Waals surface area contributed by atoms with Gasteiger partial charge in [-0.15, -0.1) is 0 Å². The molecule has 1 aliphatic rings. The Morgan fingerprint density at radius 3 is 2.52 bits per heavy atom. The first-order valence-corrected chi connectivity index (χ1v) is 11.0. The molecule has 164 valence electrons. The van der Waals surface area contributed by atoms with Crippen molar-refractivity contribution in [1.82, 2.24) is 9.80 Å². The predicted molar refractivity (Wildman–Crippen MR) is 124 cm³/mol. The fourth-order valence-electron chi connectivity index (χ4n) is 3.52. The lowest BCUT2D eigenvalue weighted by atomic mass is 9.95. The normalized spacial score (nSPS) is 18.1. The molecule has 0 spiro atoms. The van der Waals surface area contributed by atoms with E-state index < -0.39 is 17.7 Å². The monoisotopic (exact) mass is 486 g/mol. The molecule has 1 N–H and O–H groups in total. The summed E-state index contributed by atoms with van der Waals surface area (Å²) in [6, 6.07) is 13.7. The molecule has 2 aromatic rings. The Labute approximate surface area is 191 Å². The molecule has 0 aromatic heterocycles. The van der Waals surface area contributed by atoms with E-state index in [2.05, 4.69) is 15.9 Å². The van der Waals surface area contributed by atoms with E-state index in [0.29, 0.717) is 31.0 Å². The van der Waals surface area contributed by atoms with E-state index in [0.717, 1.165) is 16.5 Å². The Hall–Kier alpha value is -2.64. The molecule has 0 aliphatic carbocycles. The Morgan fingerprint density at radius 1 is 1.16 bits per heavy atom. The van der Waals surface area contributed by atoms with E-state index >= 15 is 0 Å². The molecule has 6 nitrogen and oxygen atoms in total. The van der Waals surface area contributed by atoms with Crippen molar-refractivity contribution in [3.05, 3.63) is 69.7 Å². The number of amides is 1. The van der Waals surface area contributed by atoms with Gasteiger partial charge in [-0.2, -0.15) is 0 Å². The summed E-state index contributed by atoms with van der Waals surface area (Å²) in [5.41, 5.74) is 1.31. The van der Waals surface area contributed by atoms with E-state index in [1.165, 1.54) is 4.90 Å². The Balaban J connectivity index is 2.11. The maximum Gasteiger partial charge on any atom is 0.295 e. The predicted octanol–water partition coefficient (Wildman–Crippen LogP) is 4.22. The second-order valence-electron chi connectivity index (χ2n) is 7.72. The van der Waals surface area contributed by atoms with Crippen LogP contribution in [0.4, 0.5) is 0 Å². The summed E-state index contributed by atoms with van der Waals surface area (Å²) in [4.78, 5) is 29.4. The highest BCUT2D eigenvalue weighted by molar-refractivity contribution is 9.10. The average Bonchev–Trinajstić information content (AvgIpc) is 3.01. The lowest BCUT2D eigenvalue weighted by Crippen LogP contribution is -2.35. The summed E-state index contributed by atoms with van der Waals surface area (Å²) >= 11 is 3.37. The van der Waals surface area contributed by atoms with E-state index in [-0.39, 0.29) is 11.3 Å². The number of nitrogens with zero attached hydrogens (tertiary/aromatic N) is 2. The van der Waals surface area contributed by atoms with Gasteiger partial charge in [0.1, 0.15) is 11.5 Å². The number of ether oxygens (including phenoxy) is 1. The molecular weight excluding hydrogens is 460 g/mol. The summed E-state index contributed by atoms with van der Waals surface area (Å²) in [5.74, 6) is -0.793. The van der Waals surface area contributed by atoms with Gasteiger partial charge in [0, 0.05) is 23.1 Å². The van der Waals surface area contributed by atoms with Crippen molar-refractivity contribution in [2.24, 2.45) is 0 Å². The van der Waals surface area contributed by atoms with Gasteiger partial charge in [-0.05, 0) is 50.3 Å². The fraction of sp³-hybridized carbons (Fsp3) is 0.333. The molecular formula is C24H27BrN2O4. The summed E-state index contributed by atoms with van der Waals surface area (Å²) in [6.07, 6.45) is 0.870. The molecule has 3 rings (SSSR count). The number of likely N-dealkylation sites (N-methyl/N-ethyl adjacent to an activating group) is 1. The highest BCUT2D eigenvalue weighted by Crippen LogP contribution is 2.40. The third-order valence-corrected chi connectivity index (χ3v) is 5.62. The number of benzene rings is 2. The van der Waals surface area contributed by atoms with Crippen molar-refractivity contribution in [1.29, 1.82) is 0 Å². The zero-order valence-electron chi connectivity index (χ0n) is 18.0. The molecule has 1 heterocycles. The molecule has 31 heavy (non-hydrogen) atoms. The number of aliphatic hydroxyl groups excluding tert-OH is 1. The molecule has 2 aromatic carbocycles.